The van der Waals surface area contributed by atoms with Crippen molar-refractivity contribution in [2.45, 2.75) is 104 Å². The molecule has 2 rings (SSSR count). The molecule has 2 aromatic rings. The van der Waals surface area contributed by atoms with E-state index >= 15 is 0 Å². The van der Waals surface area contributed by atoms with Crippen molar-refractivity contribution in [1.29, 1.82) is 0 Å². The van der Waals surface area contributed by atoms with E-state index in [2.05, 4.69) is 40.4 Å². The highest BCUT2D eigenvalue weighted by molar-refractivity contribution is 5.75. The first-order valence-electron chi connectivity index (χ1n) is 11.8. The number of ether oxygens (including phenoxy) is 1. The number of amides is 1. The van der Waals surface area contributed by atoms with Crippen LogP contribution in [0.5, 0.6) is 0 Å². The van der Waals surface area contributed by atoms with Crippen molar-refractivity contribution in [1.82, 2.24) is 15.3 Å². The van der Waals surface area contributed by atoms with E-state index in [0.29, 0.717) is 6.54 Å². The maximum atomic E-state index is 11.7. The molecule has 5 nitrogen and oxygen atoms in total. The highest BCUT2D eigenvalue weighted by atomic mass is 16.6. The minimum atomic E-state index is -0.463. The predicted molar refractivity (Wildman–Crippen MR) is 125 cm³/mol. The number of fused-ring (bicyclic) bond motifs is 1. The molecular weight excluding hydrogens is 374 g/mol. The van der Waals surface area contributed by atoms with Crippen LogP contribution in [0.1, 0.15) is 96.9 Å². The van der Waals surface area contributed by atoms with Crippen LogP contribution in [0.3, 0.4) is 0 Å². The Balaban J connectivity index is 1.68. The molecule has 0 fully saturated rings. The van der Waals surface area contributed by atoms with E-state index in [1.807, 2.05) is 20.8 Å². The van der Waals surface area contributed by atoms with Crippen LogP contribution >= 0.6 is 0 Å². The van der Waals surface area contributed by atoms with E-state index < -0.39 is 5.60 Å². The van der Waals surface area contributed by atoms with Crippen molar-refractivity contribution in [2.24, 2.45) is 0 Å². The number of benzene rings is 1. The molecule has 0 aliphatic rings. The van der Waals surface area contributed by atoms with Crippen LogP contribution in [-0.4, -0.2) is 28.2 Å². The third kappa shape index (κ3) is 9.64. The number of imidazole rings is 1. The SMILES string of the molecule is CCCCCCCCCCc1ccc2nc(CCCNC(=O)OC(C)(C)C)[nH]c2c1. The van der Waals surface area contributed by atoms with Gasteiger partial charge in [0.2, 0.25) is 0 Å². The lowest BCUT2D eigenvalue weighted by molar-refractivity contribution is 0.0527. The summed E-state index contributed by atoms with van der Waals surface area (Å²) >= 11 is 0. The zero-order chi connectivity index (χ0) is 21.8. The molecule has 1 amide bonds. The lowest BCUT2D eigenvalue weighted by Gasteiger charge is -2.19. The third-order valence-corrected chi connectivity index (χ3v) is 5.17. The summed E-state index contributed by atoms with van der Waals surface area (Å²) < 4.78 is 5.25. The maximum absolute atomic E-state index is 11.7. The van der Waals surface area contributed by atoms with E-state index in [9.17, 15) is 4.79 Å². The number of nitrogens with one attached hydrogen (secondary N) is 2. The fourth-order valence-corrected chi connectivity index (χ4v) is 3.61. The highest BCUT2D eigenvalue weighted by Crippen LogP contribution is 2.17. The standard InChI is InChI=1S/C25H41N3O2/c1-5-6-7-8-9-10-11-12-14-20-16-17-21-22(19-20)28-23(27-21)15-13-18-26-24(29)30-25(2,3)4/h16-17,19H,5-15,18H2,1-4H3,(H,26,29)(H,27,28). The molecule has 30 heavy (non-hydrogen) atoms. The number of aromatic amines is 1. The van der Waals surface area contributed by atoms with Gasteiger partial charge in [0.25, 0.3) is 0 Å². The average Bonchev–Trinajstić information content (AvgIpc) is 3.08. The van der Waals surface area contributed by atoms with Crippen LogP contribution in [0.2, 0.25) is 0 Å². The zero-order valence-corrected chi connectivity index (χ0v) is 19.5. The van der Waals surface area contributed by atoms with Crippen molar-refractivity contribution in [3.8, 4) is 0 Å². The van der Waals surface area contributed by atoms with Gasteiger partial charge in [-0.25, -0.2) is 9.78 Å². The summed E-state index contributed by atoms with van der Waals surface area (Å²) in [7, 11) is 0. The minimum absolute atomic E-state index is 0.363. The Bertz CT molecular complexity index is 761. The van der Waals surface area contributed by atoms with Crippen LogP contribution in [-0.2, 0) is 17.6 Å². The van der Waals surface area contributed by atoms with Gasteiger partial charge in [0.05, 0.1) is 11.0 Å². The molecule has 0 unspecified atom stereocenters. The minimum Gasteiger partial charge on any atom is -0.444 e. The molecule has 168 valence electrons. The van der Waals surface area contributed by atoms with E-state index in [1.54, 1.807) is 0 Å². The van der Waals surface area contributed by atoms with Crippen molar-refractivity contribution in [2.75, 3.05) is 6.54 Å². The normalized spacial score (nSPS) is 11.7. The van der Waals surface area contributed by atoms with Crippen LogP contribution in [0.25, 0.3) is 11.0 Å². The number of rotatable bonds is 13. The largest absolute Gasteiger partial charge is 0.444 e. The maximum Gasteiger partial charge on any atom is 0.407 e. The summed E-state index contributed by atoms with van der Waals surface area (Å²) in [5.41, 5.74) is 3.05. The molecule has 0 bridgehead atoms. The second-order valence-electron chi connectivity index (χ2n) is 9.29. The molecule has 5 heteroatoms. The molecule has 1 heterocycles. The number of aromatic nitrogens is 2. The topological polar surface area (TPSA) is 67.0 Å². The quantitative estimate of drug-likeness (QED) is 0.358. The Hall–Kier alpha value is -2.04. The number of aryl methyl sites for hydroxylation is 2. The van der Waals surface area contributed by atoms with E-state index in [0.717, 1.165) is 36.1 Å². The Labute approximate surface area is 182 Å². The summed E-state index contributed by atoms with van der Waals surface area (Å²) in [6.45, 7) is 8.44. The van der Waals surface area contributed by atoms with Gasteiger partial charge in [-0.3, -0.25) is 0 Å². The first kappa shape index (κ1) is 24.2. The van der Waals surface area contributed by atoms with E-state index in [-0.39, 0.29) is 6.09 Å². The Kier molecular flexibility index (Phi) is 10.2. The molecule has 1 aromatic carbocycles. The molecular formula is C25H41N3O2. The monoisotopic (exact) mass is 415 g/mol. The molecule has 0 atom stereocenters. The van der Waals surface area contributed by atoms with E-state index in [1.165, 1.54) is 56.9 Å². The lowest BCUT2D eigenvalue weighted by atomic mass is 10.0. The summed E-state index contributed by atoms with van der Waals surface area (Å²) in [4.78, 5) is 19.8. The van der Waals surface area contributed by atoms with Gasteiger partial charge in [0.15, 0.2) is 0 Å². The number of carbonyl (C=O) groups is 1. The fraction of sp³-hybridized carbons (Fsp3) is 0.680. The Morgan fingerprint density at radius 3 is 2.40 bits per heavy atom. The van der Waals surface area contributed by atoms with Gasteiger partial charge in [-0.15, -0.1) is 0 Å². The number of nitrogens with zero attached hydrogens (tertiary/aromatic N) is 1. The first-order chi connectivity index (χ1) is 14.4. The number of alkyl carbamates (subject to hydrolysis) is 1. The predicted octanol–water partition coefficient (Wildman–Crippen LogP) is 6.70. The van der Waals surface area contributed by atoms with Crippen LogP contribution in [0, 0.1) is 0 Å². The van der Waals surface area contributed by atoms with Gasteiger partial charge in [-0.2, -0.15) is 0 Å². The molecule has 0 spiro atoms. The second-order valence-corrected chi connectivity index (χ2v) is 9.29. The number of H-pyrrole nitrogens is 1. The third-order valence-electron chi connectivity index (χ3n) is 5.17. The smallest absolute Gasteiger partial charge is 0.407 e. The van der Waals surface area contributed by atoms with Gasteiger partial charge in [-0.1, -0.05) is 57.9 Å². The van der Waals surface area contributed by atoms with Crippen LogP contribution < -0.4 is 5.32 Å². The number of unbranched alkanes of at least 4 members (excludes halogenated alkanes) is 7. The fourth-order valence-electron chi connectivity index (χ4n) is 3.61. The molecule has 0 radical (unpaired) electrons. The van der Waals surface area contributed by atoms with Crippen molar-refractivity contribution < 1.29 is 9.53 Å². The zero-order valence-electron chi connectivity index (χ0n) is 19.5. The van der Waals surface area contributed by atoms with Crippen molar-refractivity contribution >= 4 is 17.1 Å². The lowest BCUT2D eigenvalue weighted by Crippen LogP contribution is -2.33. The molecule has 0 aliphatic carbocycles. The summed E-state index contributed by atoms with van der Waals surface area (Å²) in [5.74, 6) is 0.972. The molecule has 0 saturated heterocycles. The first-order valence-corrected chi connectivity index (χ1v) is 11.8. The summed E-state index contributed by atoms with van der Waals surface area (Å²) in [5, 5.41) is 2.80. The molecule has 0 aliphatic heterocycles. The van der Waals surface area contributed by atoms with Gasteiger partial charge >= 0.3 is 6.09 Å². The number of carbonyl (C=O) groups excluding carboxylic acids is 1. The van der Waals surface area contributed by atoms with Gasteiger partial charge in [0, 0.05) is 13.0 Å². The van der Waals surface area contributed by atoms with Crippen molar-refractivity contribution in [3.05, 3.63) is 29.6 Å². The Morgan fingerprint density at radius 2 is 1.70 bits per heavy atom. The molecule has 1 aromatic heterocycles. The van der Waals surface area contributed by atoms with Gasteiger partial charge in [0.1, 0.15) is 11.4 Å². The summed E-state index contributed by atoms with van der Waals surface area (Å²) in [6.07, 6.45) is 13.2. The summed E-state index contributed by atoms with van der Waals surface area (Å²) in [6, 6.07) is 6.57. The second kappa shape index (κ2) is 12.6. The van der Waals surface area contributed by atoms with Crippen molar-refractivity contribution in [3.63, 3.8) is 0 Å². The van der Waals surface area contributed by atoms with Gasteiger partial charge < -0.3 is 15.0 Å². The molecule has 0 saturated carbocycles. The van der Waals surface area contributed by atoms with Gasteiger partial charge in [-0.05, 0) is 57.7 Å². The average molecular weight is 416 g/mol. The van der Waals surface area contributed by atoms with E-state index in [4.69, 9.17) is 4.74 Å². The number of hydrogen-bond acceptors (Lipinski definition) is 3. The van der Waals surface area contributed by atoms with Crippen LogP contribution in [0.4, 0.5) is 4.79 Å². The highest BCUT2D eigenvalue weighted by Gasteiger charge is 2.15. The Morgan fingerprint density at radius 1 is 1.00 bits per heavy atom. The number of hydrogen-bond donors (Lipinski definition) is 2. The molecule has 2 N–H and O–H groups in total. The van der Waals surface area contributed by atoms with Crippen LogP contribution in [0.15, 0.2) is 18.2 Å².